The quantitative estimate of drug-likeness (QED) is 0.195. The van der Waals surface area contributed by atoms with Crippen molar-refractivity contribution in [3.05, 3.63) is 154 Å². The fourth-order valence-electron chi connectivity index (χ4n) is 8.43. The van der Waals surface area contributed by atoms with Gasteiger partial charge in [-0.25, -0.2) is 0 Å². The summed E-state index contributed by atoms with van der Waals surface area (Å²) in [7, 11) is 0. The van der Waals surface area contributed by atoms with Gasteiger partial charge in [-0.3, -0.25) is 0 Å². The minimum Gasteiger partial charge on any atom is -0.456 e. The number of ether oxygens (including phenoxy) is 2. The van der Waals surface area contributed by atoms with Crippen molar-refractivity contribution < 1.29 is 9.47 Å². The van der Waals surface area contributed by atoms with E-state index in [0.717, 1.165) is 34.1 Å². The molecule has 0 aliphatic carbocycles. The van der Waals surface area contributed by atoms with E-state index in [4.69, 9.17) is 9.47 Å². The molecule has 0 bridgehead atoms. The van der Waals surface area contributed by atoms with Crippen molar-refractivity contribution in [2.45, 2.75) is 66.2 Å². The number of benzene rings is 6. The fourth-order valence-corrected chi connectivity index (χ4v) is 8.43. The number of hydrogen-bond donors (Lipinski definition) is 0. The maximum Gasteiger partial charge on any atom is 0.139 e. The number of aryl methyl sites for hydroxylation is 2. The fraction of sp³-hybridized carbons (Fsp3) is 0.217. The number of rotatable bonds is 3. The predicted molar refractivity (Wildman–Crippen MR) is 199 cm³/mol. The number of hydrogen-bond acceptors (Lipinski definition) is 2. The van der Waals surface area contributed by atoms with E-state index in [1.54, 1.807) is 0 Å². The lowest BCUT2D eigenvalue weighted by atomic mass is 9.74. The van der Waals surface area contributed by atoms with Crippen LogP contribution in [0.5, 0.6) is 23.0 Å². The minimum atomic E-state index is -0.173. The van der Waals surface area contributed by atoms with Crippen LogP contribution in [0.3, 0.4) is 0 Å². The summed E-state index contributed by atoms with van der Waals surface area (Å²) >= 11 is 0. The van der Waals surface area contributed by atoms with Crippen LogP contribution >= 0.6 is 0 Å². The largest absolute Gasteiger partial charge is 0.456 e. The highest BCUT2D eigenvalue weighted by atomic mass is 16.5. The molecule has 0 spiro atoms. The third-order valence-corrected chi connectivity index (χ3v) is 11.1. The molecular formula is C46H42O2. The molecule has 0 atom stereocenters. The summed E-state index contributed by atoms with van der Waals surface area (Å²) in [6.07, 6.45) is 0. The zero-order valence-electron chi connectivity index (χ0n) is 29.2. The number of fused-ring (bicyclic) bond motifs is 4. The van der Waals surface area contributed by atoms with Crippen LogP contribution in [0.4, 0.5) is 0 Å². The van der Waals surface area contributed by atoms with Gasteiger partial charge in [0.15, 0.2) is 0 Å². The van der Waals surface area contributed by atoms with Crippen LogP contribution in [-0.4, -0.2) is 0 Å². The molecule has 0 aromatic heterocycles. The van der Waals surface area contributed by atoms with Crippen LogP contribution in [-0.2, 0) is 10.8 Å². The zero-order valence-corrected chi connectivity index (χ0v) is 29.2. The first-order valence-electron chi connectivity index (χ1n) is 17.0. The first-order chi connectivity index (χ1) is 23.0. The summed E-state index contributed by atoms with van der Waals surface area (Å²) in [6, 6.07) is 39.3. The van der Waals surface area contributed by atoms with Crippen LogP contribution in [0.15, 0.2) is 109 Å². The molecule has 0 amide bonds. The van der Waals surface area contributed by atoms with E-state index in [9.17, 15) is 0 Å². The van der Waals surface area contributed by atoms with Gasteiger partial charge in [-0.2, -0.15) is 0 Å². The summed E-state index contributed by atoms with van der Waals surface area (Å²) in [5.41, 5.74) is 16.7. The van der Waals surface area contributed by atoms with Gasteiger partial charge in [-0.15, -0.1) is 0 Å². The highest BCUT2D eigenvalue weighted by Crippen LogP contribution is 2.54. The second kappa shape index (κ2) is 10.7. The average Bonchev–Trinajstić information content (AvgIpc) is 3.06. The summed E-state index contributed by atoms with van der Waals surface area (Å²) < 4.78 is 13.5. The molecule has 48 heavy (non-hydrogen) atoms. The first-order valence-corrected chi connectivity index (χ1v) is 17.0. The molecule has 0 saturated heterocycles. The Hall–Kier alpha value is -5.08. The SMILES string of the molecule is Cc1ccc(-c2ccc(C)c(-c3cccc4c3Oc3ccccc3C4(C)C)c2C)c(C)c1-c1cccc2c1Oc1ccccc1C2(C)C. The predicted octanol–water partition coefficient (Wildman–Crippen LogP) is 12.8. The average molecular weight is 627 g/mol. The maximum atomic E-state index is 6.75. The highest BCUT2D eigenvalue weighted by Gasteiger charge is 2.37. The van der Waals surface area contributed by atoms with Crippen molar-refractivity contribution in [2.24, 2.45) is 0 Å². The van der Waals surface area contributed by atoms with Crippen LogP contribution in [0.25, 0.3) is 33.4 Å². The molecule has 0 radical (unpaired) electrons. The van der Waals surface area contributed by atoms with Crippen molar-refractivity contribution in [1.82, 2.24) is 0 Å². The Morgan fingerprint density at radius 3 is 1.17 bits per heavy atom. The Bertz CT molecular complexity index is 2120. The van der Waals surface area contributed by atoms with Crippen LogP contribution < -0.4 is 9.47 Å². The lowest BCUT2D eigenvalue weighted by Crippen LogP contribution is -2.24. The Morgan fingerprint density at radius 2 is 0.750 bits per heavy atom. The third kappa shape index (κ3) is 4.32. The van der Waals surface area contributed by atoms with Gasteiger partial charge < -0.3 is 9.47 Å². The molecule has 2 aliphatic heterocycles. The molecule has 2 nitrogen and oxygen atoms in total. The first kappa shape index (κ1) is 30.3. The van der Waals surface area contributed by atoms with E-state index in [1.165, 1.54) is 66.8 Å². The zero-order chi connectivity index (χ0) is 33.5. The van der Waals surface area contributed by atoms with E-state index in [-0.39, 0.29) is 10.8 Å². The van der Waals surface area contributed by atoms with Crippen LogP contribution in [0.1, 0.15) is 72.2 Å². The van der Waals surface area contributed by atoms with Gasteiger partial charge in [0, 0.05) is 44.2 Å². The second-order valence-corrected chi connectivity index (χ2v) is 14.7. The maximum absolute atomic E-state index is 6.75. The summed E-state index contributed by atoms with van der Waals surface area (Å²) in [5, 5.41) is 0. The summed E-state index contributed by atoms with van der Waals surface area (Å²) in [5.74, 6) is 3.79. The normalized spacial score (nSPS) is 14.9. The molecule has 0 fully saturated rings. The molecule has 8 rings (SSSR count). The molecule has 0 N–H and O–H groups in total. The third-order valence-electron chi connectivity index (χ3n) is 11.1. The molecule has 2 heteroatoms. The number of para-hydroxylation sites is 4. The van der Waals surface area contributed by atoms with Crippen LogP contribution in [0, 0.1) is 27.7 Å². The van der Waals surface area contributed by atoms with Crippen molar-refractivity contribution in [3.63, 3.8) is 0 Å². The van der Waals surface area contributed by atoms with Gasteiger partial charge in [-0.05, 0) is 84.3 Å². The summed E-state index contributed by atoms with van der Waals surface area (Å²) in [4.78, 5) is 0. The van der Waals surface area contributed by atoms with Crippen molar-refractivity contribution in [2.75, 3.05) is 0 Å². The Kier molecular flexibility index (Phi) is 6.76. The van der Waals surface area contributed by atoms with E-state index in [1.807, 2.05) is 0 Å². The topological polar surface area (TPSA) is 18.5 Å². The molecule has 2 aliphatic rings. The molecule has 0 saturated carbocycles. The van der Waals surface area contributed by atoms with Crippen molar-refractivity contribution in [1.29, 1.82) is 0 Å². The van der Waals surface area contributed by atoms with Gasteiger partial charge in [0.1, 0.15) is 23.0 Å². The molecular weight excluding hydrogens is 585 g/mol. The van der Waals surface area contributed by atoms with Gasteiger partial charge in [0.25, 0.3) is 0 Å². The van der Waals surface area contributed by atoms with Crippen molar-refractivity contribution >= 4 is 0 Å². The highest BCUT2D eigenvalue weighted by molar-refractivity contribution is 5.89. The lowest BCUT2D eigenvalue weighted by molar-refractivity contribution is 0.419. The summed E-state index contributed by atoms with van der Waals surface area (Å²) in [6.45, 7) is 18.2. The van der Waals surface area contributed by atoms with E-state index in [2.05, 4.69) is 165 Å². The molecule has 2 heterocycles. The molecule has 238 valence electrons. The monoisotopic (exact) mass is 626 g/mol. The second-order valence-electron chi connectivity index (χ2n) is 14.7. The molecule has 6 aromatic rings. The Labute approximate surface area is 285 Å². The lowest BCUT2D eigenvalue weighted by Gasteiger charge is -2.36. The smallest absolute Gasteiger partial charge is 0.139 e. The minimum absolute atomic E-state index is 0.173. The van der Waals surface area contributed by atoms with E-state index < -0.39 is 0 Å². The standard InChI is InChI=1S/C46H42O2/c1-27-23-25-31(29(3)41(27)33-15-13-19-37-43(33)47-39-21-11-9-17-35(39)45(37,5)6)32-26-24-28(2)42(30(32)4)34-16-14-20-38-44(34)48-40-22-12-10-18-36(40)46(38,7)8/h9-26H,1-8H3. The van der Waals surface area contributed by atoms with Gasteiger partial charge in [0.2, 0.25) is 0 Å². The molecule has 0 unspecified atom stereocenters. The van der Waals surface area contributed by atoms with Gasteiger partial charge in [-0.1, -0.05) is 125 Å². The Morgan fingerprint density at radius 1 is 0.375 bits per heavy atom. The Balaban J connectivity index is 1.29. The van der Waals surface area contributed by atoms with Gasteiger partial charge >= 0.3 is 0 Å². The van der Waals surface area contributed by atoms with E-state index in [0.29, 0.717) is 0 Å². The van der Waals surface area contributed by atoms with Crippen molar-refractivity contribution in [3.8, 4) is 56.4 Å². The molecule has 6 aromatic carbocycles. The van der Waals surface area contributed by atoms with Crippen LogP contribution in [0.2, 0.25) is 0 Å². The van der Waals surface area contributed by atoms with Gasteiger partial charge in [0.05, 0.1) is 0 Å². The van der Waals surface area contributed by atoms with E-state index >= 15 is 0 Å².